The van der Waals surface area contributed by atoms with Gasteiger partial charge in [0.1, 0.15) is 5.60 Å². The quantitative estimate of drug-likeness (QED) is 0.687. The van der Waals surface area contributed by atoms with Crippen LogP contribution >= 0.6 is 0 Å². The van der Waals surface area contributed by atoms with Crippen molar-refractivity contribution in [2.45, 2.75) is 46.8 Å². The Morgan fingerprint density at radius 2 is 1.68 bits per heavy atom. The van der Waals surface area contributed by atoms with Crippen LogP contribution in [0.15, 0.2) is 6.07 Å². The van der Waals surface area contributed by atoms with Crippen LogP contribution < -0.4 is 67.5 Å². The Bertz CT molecular complexity index is 715. The van der Waals surface area contributed by atoms with Gasteiger partial charge in [-0.05, 0) is 45.7 Å². The smallest absolute Gasteiger partial charge is 0.445 e. The molecule has 1 aromatic rings. The molecule has 1 aliphatic rings. The van der Waals surface area contributed by atoms with E-state index in [1.165, 1.54) is 13.0 Å². The van der Waals surface area contributed by atoms with E-state index in [9.17, 15) is 17.7 Å². The van der Waals surface area contributed by atoms with Crippen LogP contribution in [0.1, 0.15) is 37.5 Å². The number of benzene rings is 1. The number of amides is 1. The van der Waals surface area contributed by atoms with Crippen LogP contribution in [0.4, 0.5) is 23.4 Å². The van der Waals surface area contributed by atoms with Gasteiger partial charge < -0.3 is 33.2 Å². The fourth-order valence-electron chi connectivity index (χ4n) is 3.44. The van der Waals surface area contributed by atoms with Crippen LogP contribution in [0.3, 0.4) is 0 Å². The maximum absolute atomic E-state index is 13.5. The second-order valence-corrected chi connectivity index (χ2v) is 7.96. The summed E-state index contributed by atoms with van der Waals surface area (Å²) in [6, 6.07) is 1.17. The minimum atomic E-state index is -5.13. The van der Waals surface area contributed by atoms with Gasteiger partial charge in [0.15, 0.2) is 0 Å². The van der Waals surface area contributed by atoms with Gasteiger partial charge in [0, 0.05) is 38.4 Å². The zero-order chi connectivity index (χ0) is 20.6. The minimum absolute atomic E-state index is 0. The van der Waals surface area contributed by atoms with Crippen LogP contribution in [0.2, 0.25) is 0 Å². The Morgan fingerprint density at radius 3 is 2.11 bits per heavy atom. The predicted molar refractivity (Wildman–Crippen MR) is 103 cm³/mol. The van der Waals surface area contributed by atoms with Gasteiger partial charge in [-0.2, -0.15) is 0 Å². The number of carbonyl (C=O) groups is 1. The first kappa shape index (κ1) is 25.8. The number of rotatable bonds is 3. The van der Waals surface area contributed by atoms with Gasteiger partial charge in [0.05, 0.1) is 0 Å². The van der Waals surface area contributed by atoms with Crippen molar-refractivity contribution in [1.29, 1.82) is 0 Å². The molecule has 1 amide bonds. The second kappa shape index (κ2) is 9.70. The summed E-state index contributed by atoms with van der Waals surface area (Å²) < 4.78 is 45.9. The Labute approximate surface area is 207 Å². The van der Waals surface area contributed by atoms with Crippen molar-refractivity contribution in [3.63, 3.8) is 0 Å². The van der Waals surface area contributed by atoms with Crippen molar-refractivity contribution >= 4 is 24.2 Å². The molecular formula is C18H28BF3KN3O2. The molecule has 28 heavy (non-hydrogen) atoms. The van der Waals surface area contributed by atoms with E-state index >= 15 is 0 Å². The van der Waals surface area contributed by atoms with Gasteiger partial charge in [-0.15, -0.1) is 5.46 Å². The summed E-state index contributed by atoms with van der Waals surface area (Å²) in [7, 11) is 0. The minimum Gasteiger partial charge on any atom is -0.445 e. The average Bonchev–Trinajstić information content (AvgIpc) is 2.53. The Kier molecular flexibility index (Phi) is 8.93. The van der Waals surface area contributed by atoms with Crippen molar-refractivity contribution < 1.29 is 73.9 Å². The fraction of sp³-hybridized carbons (Fsp3) is 0.611. The molecule has 0 bridgehead atoms. The number of halogens is 3. The fourth-order valence-corrected chi connectivity index (χ4v) is 3.44. The number of piperazine rings is 1. The Balaban J connectivity index is 0.00000392. The van der Waals surface area contributed by atoms with E-state index in [2.05, 4.69) is 0 Å². The molecule has 0 atom stereocenters. The maximum atomic E-state index is 13.5. The molecule has 152 valence electrons. The molecule has 0 aliphatic carbocycles. The third kappa shape index (κ3) is 6.12. The Morgan fingerprint density at radius 1 is 1.14 bits per heavy atom. The topological polar surface area (TPSA) is 58.8 Å². The number of hydrogen-bond acceptors (Lipinski definition) is 4. The van der Waals surface area contributed by atoms with Gasteiger partial charge in [0.2, 0.25) is 0 Å². The molecule has 1 aromatic carbocycles. The molecule has 1 saturated heterocycles. The maximum Gasteiger partial charge on any atom is 1.00 e. The normalized spacial score (nSPS) is 15.3. The number of nitrogens with two attached hydrogens (primary N) is 1. The van der Waals surface area contributed by atoms with Crippen LogP contribution in [0, 0.1) is 13.8 Å². The molecule has 0 radical (unpaired) electrons. The first-order chi connectivity index (χ1) is 12.3. The van der Waals surface area contributed by atoms with Crippen molar-refractivity contribution in [2.24, 2.45) is 5.73 Å². The van der Waals surface area contributed by atoms with Crippen LogP contribution in [-0.2, 0) is 11.3 Å². The number of carbonyl (C=O) groups excluding carboxylic acids is 1. The van der Waals surface area contributed by atoms with Gasteiger partial charge in [-0.1, -0.05) is 11.6 Å². The summed E-state index contributed by atoms with van der Waals surface area (Å²) in [5.41, 5.74) is 6.58. The summed E-state index contributed by atoms with van der Waals surface area (Å²) in [6.07, 6.45) is -0.398. The number of anilines is 1. The largest absolute Gasteiger partial charge is 1.00 e. The van der Waals surface area contributed by atoms with E-state index in [0.717, 1.165) is 5.56 Å². The molecule has 2 N–H and O–H groups in total. The van der Waals surface area contributed by atoms with Crippen LogP contribution in [0.5, 0.6) is 0 Å². The summed E-state index contributed by atoms with van der Waals surface area (Å²) in [5, 5.41) is 0. The van der Waals surface area contributed by atoms with Gasteiger partial charge >= 0.3 is 64.5 Å². The van der Waals surface area contributed by atoms with Crippen LogP contribution in [0.25, 0.3) is 0 Å². The SMILES string of the molecule is Cc1c(CN)cc([B-](F)(F)F)c(C)c1N1CCN(C(=O)OC(C)(C)C)CC1.[K+]. The number of nitrogens with zero attached hydrogens (tertiary/aromatic N) is 2. The molecule has 5 nitrogen and oxygen atoms in total. The molecule has 10 heteroatoms. The third-order valence-corrected chi connectivity index (χ3v) is 4.77. The summed E-state index contributed by atoms with van der Waals surface area (Å²) in [4.78, 5) is 15.7. The molecule has 0 saturated carbocycles. The molecule has 0 aromatic heterocycles. The van der Waals surface area contributed by atoms with E-state index in [4.69, 9.17) is 10.5 Å². The van der Waals surface area contributed by atoms with Crippen molar-refractivity contribution in [1.82, 2.24) is 4.90 Å². The van der Waals surface area contributed by atoms with Crippen molar-refractivity contribution in [3.05, 3.63) is 22.8 Å². The third-order valence-electron chi connectivity index (χ3n) is 4.77. The molecule has 1 aliphatic heterocycles. The summed E-state index contributed by atoms with van der Waals surface area (Å²) in [6.45, 7) is 5.31. The zero-order valence-electron chi connectivity index (χ0n) is 17.6. The van der Waals surface area contributed by atoms with Gasteiger partial charge in [-0.25, -0.2) is 4.79 Å². The molecule has 1 heterocycles. The molecule has 2 rings (SSSR count). The first-order valence-electron chi connectivity index (χ1n) is 9.11. The molecule has 0 unspecified atom stereocenters. The number of hydrogen-bond donors (Lipinski definition) is 1. The van der Waals surface area contributed by atoms with Crippen molar-refractivity contribution in [2.75, 3.05) is 31.1 Å². The van der Waals surface area contributed by atoms with E-state index in [1.807, 2.05) is 4.90 Å². The predicted octanol–water partition coefficient (Wildman–Crippen LogP) is -0.122. The second-order valence-electron chi connectivity index (χ2n) is 7.96. The monoisotopic (exact) mass is 425 g/mol. The molecular weight excluding hydrogens is 397 g/mol. The first-order valence-corrected chi connectivity index (χ1v) is 9.11. The number of ether oxygens (including phenoxy) is 1. The van der Waals surface area contributed by atoms with Crippen LogP contribution in [-0.4, -0.2) is 49.8 Å². The Hall–Kier alpha value is -0.259. The zero-order valence-corrected chi connectivity index (χ0v) is 20.7. The van der Waals surface area contributed by atoms with E-state index in [0.29, 0.717) is 37.4 Å². The van der Waals surface area contributed by atoms with Crippen molar-refractivity contribution in [3.8, 4) is 0 Å². The van der Waals surface area contributed by atoms with Gasteiger partial charge in [-0.3, -0.25) is 0 Å². The van der Waals surface area contributed by atoms with E-state index in [1.54, 1.807) is 32.6 Å². The standard InChI is InChI=1S/C18H28BF3N3O2.K/c1-12-14(11-23)10-15(19(20,21)22)13(2)16(12)24-6-8-25(9-7-24)17(26)27-18(3,4)5;/h10H,6-9,11,23H2,1-5H3;/q-1;+1. The van der Waals surface area contributed by atoms with E-state index < -0.39 is 24.1 Å². The van der Waals surface area contributed by atoms with E-state index in [-0.39, 0.29) is 63.5 Å². The van der Waals surface area contributed by atoms with Gasteiger partial charge in [0.25, 0.3) is 0 Å². The molecule has 0 spiro atoms. The average molecular weight is 425 g/mol. The summed E-state index contributed by atoms with van der Waals surface area (Å²) >= 11 is 0. The summed E-state index contributed by atoms with van der Waals surface area (Å²) in [5.74, 6) is 0. The molecule has 1 fully saturated rings.